The highest BCUT2D eigenvalue weighted by Crippen LogP contribution is 2.60. The van der Waals surface area contributed by atoms with Gasteiger partial charge in [-0.05, 0) is 0 Å². The van der Waals surface area contributed by atoms with Crippen molar-refractivity contribution in [1.29, 1.82) is 0 Å². The predicted octanol–water partition coefficient (Wildman–Crippen LogP) is 2.19. The minimum absolute atomic E-state index is 0.0478. The van der Waals surface area contributed by atoms with Crippen LogP contribution in [-0.2, 0) is 36.7 Å². The maximum atomic E-state index is 16.0. The SMILES string of the molecule is Nc1ncnc2c1ncn2[C@@H]1OC2CO[P@@](=O)(S)O[C@@H]3[C@H](F)[C@@H](CO[P@@](=O)(S)O[C@H]2[C@H]1F)O[C@H]3n1cnc2c(N)ncnc21. The Morgan fingerprint density at radius 2 is 1.23 bits per heavy atom. The van der Waals surface area contributed by atoms with Gasteiger partial charge in [0.05, 0.1) is 25.9 Å². The van der Waals surface area contributed by atoms with E-state index in [1.165, 1.54) is 28.1 Å². The number of hydrogen-bond donors (Lipinski definition) is 4. The molecule has 24 heteroatoms. The van der Waals surface area contributed by atoms with Gasteiger partial charge in [-0.2, -0.15) is 0 Å². The monoisotopic (exact) mass is 694 g/mol. The lowest BCUT2D eigenvalue weighted by atomic mass is 10.1. The smallest absolute Gasteiger partial charge is 0.382 e. The van der Waals surface area contributed by atoms with Crippen LogP contribution >= 0.6 is 38.1 Å². The Kier molecular flexibility index (Phi) is 7.59. The maximum Gasteiger partial charge on any atom is 0.386 e. The average Bonchev–Trinajstić information content (AvgIpc) is 3.73. The fraction of sp³-hybridized carbons (Fsp3) is 0.500. The van der Waals surface area contributed by atoms with Crippen molar-refractivity contribution in [2.45, 2.75) is 49.2 Å². The molecule has 3 aliphatic rings. The first-order valence-electron chi connectivity index (χ1n) is 12.7. The number of nitrogens with two attached hydrogens (primary N) is 2. The van der Waals surface area contributed by atoms with E-state index in [-0.39, 0.29) is 34.0 Å². The average molecular weight is 695 g/mol. The molecule has 4 aromatic heterocycles. The largest absolute Gasteiger partial charge is 0.386 e. The number of ether oxygens (including phenoxy) is 2. The van der Waals surface area contributed by atoms with E-state index < -0.39 is 76.0 Å². The van der Waals surface area contributed by atoms with Gasteiger partial charge in [0.1, 0.15) is 48.1 Å². The second kappa shape index (κ2) is 11.1. The zero-order valence-corrected chi connectivity index (χ0v) is 25.5. The Morgan fingerprint density at radius 3 is 1.82 bits per heavy atom. The molecule has 0 radical (unpaired) electrons. The van der Waals surface area contributed by atoms with Crippen LogP contribution in [0, 0.1) is 0 Å². The van der Waals surface area contributed by atoms with Crippen molar-refractivity contribution in [3.8, 4) is 0 Å². The minimum Gasteiger partial charge on any atom is -0.382 e. The van der Waals surface area contributed by atoms with Crippen LogP contribution in [0.4, 0.5) is 20.4 Å². The number of anilines is 2. The van der Waals surface area contributed by atoms with Crippen LogP contribution in [0.1, 0.15) is 12.5 Å². The van der Waals surface area contributed by atoms with Gasteiger partial charge in [0.15, 0.2) is 47.7 Å². The summed E-state index contributed by atoms with van der Waals surface area (Å²) in [4.78, 5) is 24.2. The van der Waals surface area contributed by atoms with Gasteiger partial charge in [-0.1, -0.05) is 24.5 Å². The highest BCUT2D eigenvalue weighted by molar-refractivity contribution is 8.44. The molecule has 0 saturated carbocycles. The number of fused-ring (bicyclic) bond motifs is 5. The van der Waals surface area contributed by atoms with Crippen molar-refractivity contribution in [1.82, 2.24) is 39.0 Å². The van der Waals surface area contributed by atoms with Gasteiger partial charge in [-0.25, -0.2) is 47.8 Å². The minimum atomic E-state index is -4.43. The Labute approximate surface area is 255 Å². The summed E-state index contributed by atoms with van der Waals surface area (Å²) < 4.78 is 94.5. The molecule has 0 amide bonds. The van der Waals surface area contributed by atoms with E-state index in [1.54, 1.807) is 0 Å². The molecule has 4 N–H and O–H groups in total. The standard InChI is InChI=1S/C20H22F2N10O8P2S2/c21-9-7-1-35-41(33,43)39-13-8(38-19(10(13)22)31-5-29-11-15(23)25-3-27-17(11)31)2-36-42(34,44)40-14(9)20(37-7)32-6-30-12-16(24)26-4-28-18(12)32/h3-10,13-14,19-20H,1-2H2,(H,33,43)(H,34,44)(H2,23,25,27)(H2,24,26,28)/t7-,8?,9-,10-,13-,14-,19-,20-,41-,42-/m1/s1. The van der Waals surface area contributed by atoms with Crippen molar-refractivity contribution in [3.63, 3.8) is 0 Å². The lowest BCUT2D eigenvalue weighted by Crippen LogP contribution is -2.33. The molecule has 7 rings (SSSR count). The number of thiol groups is 2. The topological polar surface area (TPSA) is 229 Å². The first-order chi connectivity index (χ1) is 20.9. The molecule has 7 heterocycles. The van der Waals surface area contributed by atoms with Crippen LogP contribution in [0.2, 0.25) is 0 Å². The maximum absolute atomic E-state index is 16.0. The summed E-state index contributed by atoms with van der Waals surface area (Å²) in [5, 5.41) is 0. The number of alkyl halides is 2. The van der Waals surface area contributed by atoms with Gasteiger partial charge in [0.25, 0.3) is 0 Å². The Hall–Kier alpha value is -2.52. The molecule has 0 aromatic carbocycles. The number of aromatic nitrogens is 8. The molecule has 1 unspecified atom stereocenters. The molecule has 44 heavy (non-hydrogen) atoms. The summed E-state index contributed by atoms with van der Waals surface area (Å²) in [7, 11) is 0. The molecule has 2 bridgehead atoms. The van der Waals surface area contributed by atoms with Crippen LogP contribution < -0.4 is 11.5 Å². The zero-order valence-electron chi connectivity index (χ0n) is 21.9. The van der Waals surface area contributed by atoms with Crippen molar-refractivity contribution in [2.75, 3.05) is 24.7 Å². The highest BCUT2D eigenvalue weighted by atomic mass is 32.7. The lowest BCUT2D eigenvalue weighted by molar-refractivity contribution is -0.0563. The molecule has 236 valence electrons. The Bertz CT molecular complexity index is 1840. The predicted molar refractivity (Wildman–Crippen MR) is 152 cm³/mol. The van der Waals surface area contributed by atoms with E-state index >= 15 is 8.78 Å². The van der Waals surface area contributed by atoms with Crippen LogP contribution in [0.3, 0.4) is 0 Å². The third-order valence-electron chi connectivity index (χ3n) is 7.17. The third-order valence-corrected chi connectivity index (χ3v) is 10.4. The second-order valence-electron chi connectivity index (χ2n) is 9.85. The number of nitrogen functional groups attached to an aromatic ring is 2. The fourth-order valence-electron chi connectivity index (χ4n) is 5.16. The zero-order chi connectivity index (χ0) is 31.0. The number of imidazole rings is 2. The van der Waals surface area contributed by atoms with E-state index in [0.29, 0.717) is 0 Å². The number of rotatable bonds is 2. The number of hydrogen-bond acceptors (Lipinski definition) is 16. The summed E-state index contributed by atoms with van der Waals surface area (Å²) in [6, 6.07) is 0. The lowest BCUT2D eigenvalue weighted by Gasteiger charge is -2.26. The molecule has 3 saturated heterocycles. The first-order valence-corrected chi connectivity index (χ1v) is 18.1. The van der Waals surface area contributed by atoms with Crippen molar-refractivity contribution in [2.24, 2.45) is 0 Å². The van der Waals surface area contributed by atoms with Crippen molar-refractivity contribution in [3.05, 3.63) is 25.3 Å². The molecule has 18 nitrogen and oxygen atoms in total. The second-order valence-corrected chi connectivity index (χ2v) is 15.6. The van der Waals surface area contributed by atoms with Gasteiger partial charge >= 0.3 is 13.6 Å². The fourth-order valence-corrected chi connectivity index (χ4v) is 8.09. The Balaban J connectivity index is 1.20. The molecule has 0 spiro atoms. The number of halogens is 2. The highest BCUT2D eigenvalue weighted by Gasteiger charge is 2.54. The molecule has 0 aliphatic carbocycles. The molecule has 10 atom stereocenters. The van der Waals surface area contributed by atoms with Gasteiger partial charge in [0, 0.05) is 0 Å². The quantitative estimate of drug-likeness (QED) is 0.174. The van der Waals surface area contributed by atoms with Gasteiger partial charge in [-0.3, -0.25) is 27.2 Å². The van der Waals surface area contributed by atoms with Crippen LogP contribution in [0.25, 0.3) is 22.3 Å². The molecule has 3 fully saturated rings. The van der Waals surface area contributed by atoms with E-state index in [1.807, 2.05) is 0 Å². The van der Waals surface area contributed by atoms with E-state index in [2.05, 4.69) is 54.4 Å². The summed E-state index contributed by atoms with van der Waals surface area (Å²) >= 11 is 7.99. The van der Waals surface area contributed by atoms with E-state index in [0.717, 1.165) is 6.33 Å². The molecular weight excluding hydrogens is 672 g/mol. The molecular formula is C20H22F2N10O8P2S2. The van der Waals surface area contributed by atoms with Gasteiger partial charge in [0.2, 0.25) is 0 Å². The van der Waals surface area contributed by atoms with Crippen molar-refractivity contribution < 1.29 is 45.5 Å². The summed E-state index contributed by atoms with van der Waals surface area (Å²) in [6.07, 6.45) is -8.18. The summed E-state index contributed by atoms with van der Waals surface area (Å²) in [6.45, 7) is -10.2. The van der Waals surface area contributed by atoms with Crippen LogP contribution in [0.15, 0.2) is 25.3 Å². The Morgan fingerprint density at radius 1 is 0.727 bits per heavy atom. The normalized spacial score (nSPS) is 38.3. The van der Waals surface area contributed by atoms with E-state index in [4.69, 9.17) is 39.0 Å². The third kappa shape index (κ3) is 5.25. The van der Waals surface area contributed by atoms with Crippen molar-refractivity contribution >= 4 is 72.1 Å². The van der Waals surface area contributed by atoms with Gasteiger partial charge < -0.3 is 20.9 Å². The van der Waals surface area contributed by atoms with Gasteiger partial charge in [-0.15, -0.1) is 0 Å². The molecule has 3 aliphatic heterocycles. The van der Waals surface area contributed by atoms with E-state index in [9.17, 15) is 9.13 Å². The first kappa shape index (κ1) is 30.2. The van der Waals surface area contributed by atoms with Crippen LogP contribution in [-0.4, -0.2) is 89.0 Å². The summed E-state index contributed by atoms with van der Waals surface area (Å²) in [5.74, 6) is 0.0984. The molecule has 4 aromatic rings. The number of nitrogens with zero attached hydrogens (tertiary/aromatic N) is 8. The van der Waals surface area contributed by atoms with Crippen LogP contribution in [0.5, 0.6) is 0 Å². The summed E-state index contributed by atoms with van der Waals surface area (Å²) in [5.41, 5.74) is 12.4.